The molecule has 1 aliphatic rings. The number of carbonyl (C=O) groups is 3. The number of hydrogen-bond acceptors (Lipinski definition) is 7. The Morgan fingerprint density at radius 1 is 1.05 bits per heavy atom. The van der Waals surface area contributed by atoms with Gasteiger partial charge in [-0.05, 0) is 25.7 Å². The van der Waals surface area contributed by atoms with Gasteiger partial charge in [0.25, 0.3) is 5.91 Å². The molecule has 0 bridgehead atoms. The van der Waals surface area contributed by atoms with Crippen molar-refractivity contribution >= 4 is 63.8 Å². The average molecular weight is 625 g/mol. The van der Waals surface area contributed by atoms with Crippen molar-refractivity contribution in [1.82, 2.24) is 24.6 Å². The normalized spacial score (nSPS) is 17.7. The molecule has 0 spiro atoms. The van der Waals surface area contributed by atoms with Gasteiger partial charge >= 0.3 is 12.1 Å². The highest BCUT2D eigenvalue weighted by molar-refractivity contribution is 7.15. The van der Waals surface area contributed by atoms with Crippen LogP contribution in [-0.4, -0.2) is 54.0 Å². The number of nitrogens with zero attached hydrogens (tertiary/aromatic N) is 5. The lowest BCUT2D eigenvalue weighted by molar-refractivity contribution is -0.147. The lowest BCUT2D eigenvalue weighted by atomic mass is 9.86. The molecule has 4 rings (SSSR count). The van der Waals surface area contributed by atoms with E-state index >= 15 is 0 Å². The molecule has 1 fully saturated rings. The second kappa shape index (κ2) is 11.8. The minimum atomic E-state index is -4.97. The molecule has 1 aliphatic carbocycles. The van der Waals surface area contributed by atoms with Gasteiger partial charge in [-0.3, -0.25) is 24.0 Å². The van der Waals surface area contributed by atoms with E-state index in [4.69, 9.17) is 34.8 Å². The zero-order valence-corrected chi connectivity index (χ0v) is 22.9. The first-order valence-corrected chi connectivity index (χ1v) is 13.4. The van der Waals surface area contributed by atoms with E-state index in [-0.39, 0.29) is 57.2 Å². The molecule has 1 saturated carbocycles. The van der Waals surface area contributed by atoms with Crippen molar-refractivity contribution in [2.45, 2.75) is 44.4 Å². The highest BCUT2D eigenvalue weighted by Crippen LogP contribution is 2.39. The summed E-state index contributed by atoms with van der Waals surface area (Å²) in [5.74, 6) is -3.49. The maximum absolute atomic E-state index is 14.3. The monoisotopic (exact) mass is 623 g/mol. The first-order valence-electron chi connectivity index (χ1n) is 11.5. The van der Waals surface area contributed by atoms with Crippen LogP contribution in [0.4, 0.5) is 13.2 Å². The van der Waals surface area contributed by atoms with Gasteiger partial charge < -0.3 is 10.0 Å². The number of aromatic nitrogens is 4. The number of amides is 1. The van der Waals surface area contributed by atoms with Crippen molar-refractivity contribution in [2.75, 3.05) is 6.54 Å². The summed E-state index contributed by atoms with van der Waals surface area (Å²) < 4.78 is 44.0. The van der Waals surface area contributed by atoms with Gasteiger partial charge in [0.15, 0.2) is 11.5 Å². The topological polar surface area (TPSA) is 118 Å². The Bertz CT molecular complexity index is 1390. The number of carboxylic acid groups (broad SMARTS) is 1. The first kappa shape index (κ1) is 29.2. The Labute approximate surface area is 238 Å². The second-order valence-corrected chi connectivity index (χ2v) is 11.4. The number of carboxylic acids is 1. The summed E-state index contributed by atoms with van der Waals surface area (Å²) >= 11 is 19.1. The molecule has 0 saturated heterocycles. The van der Waals surface area contributed by atoms with Crippen molar-refractivity contribution < 1.29 is 32.7 Å². The lowest BCUT2D eigenvalue weighted by Crippen LogP contribution is -2.37. The van der Waals surface area contributed by atoms with Crippen LogP contribution in [0.15, 0.2) is 24.8 Å². The van der Waals surface area contributed by atoms with Crippen molar-refractivity contribution in [3.05, 3.63) is 61.0 Å². The predicted molar refractivity (Wildman–Crippen MR) is 136 cm³/mol. The van der Waals surface area contributed by atoms with Crippen LogP contribution in [-0.2, 0) is 17.5 Å². The van der Waals surface area contributed by atoms with Crippen molar-refractivity contribution in [1.29, 1.82) is 0 Å². The quantitative estimate of drug-likeness (QED) is 0.303. The Balaban J connectivity index is 1.69. The number of thiazole rings is 1. The number of pyridine rings is 1. The van der Waals surface area contributed by atoms with E-state index in [0.29, 0.717) is 0 Å². The fourth-order valence-corrected chi connectivity index (χ4v) is 6.02. The molecule has 3 heterocycles. The highest BCUT2D eigenvalue weighted by atomic mass is 35.5. The molecular weight excluding hydrogens is 606 g/mol. The summed E-state index contributed by atoms with van der Waals surface area (Å²) in [5, 5.41) is 13.2. The lowest BCUT2D eigenvalue weighted by Gasteiger charge is -2.28. The zero-order valence-electron chi connectivity index (χ0n) is 19.8. The van der Waals surface area contributed by atoms with E-state index in [1.807, 2.05) is 0 Å². The first-order chi connectivity index (χ1) is 18.4. The SMILES string of the molecule is O=C(CN(Cc1ncc(Cl)s1)C(=O)c1cnn(C2CCC(C(=O)O)CC2)c1C(F)(F)F)c1c(Cl)cncc1Cl. The zero-order chi connectivity index (χ0) is 28.5. The summed E-state index contributed by atoms with van der Waals surface area (Å²) in [5.41, 5.74) is -2.17. The van der Waals surface area contributed by atoms with Crippen LogP contribution in [0.1, 0.15) is 63.1 Å². The molecule has 3 aromatic rings. The maximum Gasteiger partial charge on any atom is 0.433 e. The standard InChI is InChI=1S/C23H19Cl3F3N5O4S/c24-14-6-30-7-15(25)19(14)16(35)9-33(10-18-31-8-17(26)39-18)21(36)13-5-32-34(20(13)23(27,28)29)12-3-1-11(2-4-12)22(37)38/h5-8,11-12H,1-4,9-10H2,(H,37,38). The number of aliphatic carboxylic acids is 1. The summed E-state index contributed by atoms with van der Waals surface area (Å²) in [6.45, 7) is -1.000. The van der Waals surface area contributed by atoms with Crippen LogP contribution in [0, 0.1) is 5.92 Å². The van der Waals surface area contributed by atoms with Crippen LogP contribution in [0.3, 0.4) is 0 Å². The van der Waals surface area contributed by atoms with Crippen LogP contribution in [0.25, 0.3) is 0 Å². The molecule has 0 radical (unpaired) electrons. The maximum atomic E-state index is 14.3. The Morgan fingerprint density at radius 2 is 1.69 bits per heavy atom. The number of alkyl halides is 3. The molecule has 0 unspecified atom stereocenters. The van der Waals surface area contributed by atoms with E-state index < -0.39 is 53.6 Å². The number of hydrogen-bond donors (Lipinski definition) is 1. The van der Waals surface area contributed by atoms with E-state index in [1.54, 1.807) is 0 Å². The molecule has 1 N–H and O–H groups in total. The molecule has 0 aromatic carbocycles. The Kier molecular flexibility index (Phi) is 8.84. The minimum absolute atomic E-state index is 0.0852. The number of rotatable bonds is 8. The van der Waals surface area contributed by atoms with Crippen LogP contribution >= 0.6 is 46.1 Å². The summed E-state index contributed by atoms with van der Waals surface area (Å²) in [7, 11) is 0. The average Bonchev–Trinajstić information content (AvgIpc) is 3.49. The highest BCUT2D eigenvalue weighted by Gasteiger charge is 2.43. The van der Waals surface area contributed by atoms with Crippen molar-refractivity contribution in [2.24, 2.45) is 5.92 Å². The molecule has 16 heteroatoms. The molecule has 0 aliphatic heterocycles. The summed E-state index contributed by atoms with van der Waals surface area (Å²) in [6.07, 6.45) is 0.170. The molecular formula is C23H19Cl3F3N5O4S. The molecule has 9 nitrogen and oxygen atoms in total. The minimum Gasteiger partial charge on any atom is -0.481 e. The smallest absolute Gasteiger partial charge is 0.433 e. The third-order valence-corrected chi connectivity index (χ3v) is 7.96. The van der Waals surface area contributed by atoms with Gasteiger partial charge in [0.2, 0.25) is 0 Å². The number of Topliss-reactive ketones (excluding diaryl/α,β-unsaturated/α-hetero) is 1. The summed E-state index contributed by atoms with van der Waals surface area (Å²) in [6, 6.07) is -0.749. The van der Waals surface area contributed by atoms with Gasteiger partial charge in [-0.2, -0.15) is 18.3 Å². The molecule has 39 heavy (non-hydrogen) atoms. The number of carbonyl (C=O) groups excluding carboxylic acids is 2. The molecule has 3 aromatic heterocycles. The predicted octanol–water partition coefficient (Wildman–Crippen LogP) is 6.05. The molecule has 1 amide bonds. The van der Waals surface area contributed by atoms with Crippen molar-refractivity contribution in [3.8, 4) is 0 Å². The number of ketones is 1. The number of halogens is 6. The van der Waals surface area contributed by atoms with Gasteiger partial charge in [0.1, 0.15) is 9.34 Å². The van der Waals surface area contributed by atoms with Gasteiger partial charge in [-0.15, -0.1) is 11.3 Å². The fraction of sp³-hybridized carbons (Fsp3) is 0.391. The molecule has 208 valence electrons. The third kappa shape index (κ3) is 6.53. The second-order valence-electron chi connectivity index (χ2n) is 8.81. The third-order valence-electron chi connectivity index (χ3n) is 6.29. The van der Waals surface area contributed by atoms with E-state index in [2.05, 4.69) is 15.1 Å². The Hall–Kier alpha value is -2.74. The van der Waals surface area contributed by atoms with Gasteiger partial charge in [-0.1, -0.05) is 34.8 Å². The van der Waals surface area contributed by atoms with Crippen LogP contribution < -0.4 is 0 Å². The largest absolute Gasteiger partial charge is 0.481 e. The van der Waals surface area contributed by atoms with Gasteiger partial charge in [0, 0.05) is 12.4 Å². The Morgan fingerprint density at radius 3 is 2.23 bits per heavy atom. The van der Waals surface area contributed by atoms with Gasteiger partial charge in [0.05, 0.1) is 58.6 Å². The van der Waals surface area contributed by atoms with E-state index in [1.165, 1.54) is 18.6 Å². The van der Waals surface area contributed by atoms with Crippen LogP contribution in [0.5, 0.6) is 0 Å². The van der Waals surface area contributed by atoms with Gasteiger partial charge in [-0.25, -0.2) is 4.98 Å². The summed E-state index contributed by atoms with van der Waals surface area (Å²) in [4.78, 5) is 46.7. The van der Waals surface area contributed by atoms with E-state index in [9.17, 15) is 32.7 Å². The van der Waals surface area contributed by atoms with Crippen LogP contribution in [0.2, 0.25) is 14.4 Å². The van der Waals surface area contributed by atoms with E-state index in [0.717, 1.165) is 27.1 Å². The fourth-order valence-electron chi connectivity index (χ4n) is 4.47. The van der Waals surface area contributed by atoms with Crippen molar-refractivity contribution in [3.63, 3.8) is 0 Å². The molecule has 0 atom stereocenters.